The van der Waals surface area contributed by atoms with Gasteiger partial charge in [-0.05, 0) is 73.9 Å². The van der Waals surface area contributed by atoms with E-state index in [-0.39, 0.29) is 41.4 Å². The number of ether oxygens (including phenoxy) is 1. The molecule has 7 N–H and O–H groups in total. The number of hydrogen-bond donors (Lipinski definition) is 7. The number of carbonyl (C=O) groups is 4. The SMILES string of the molecule is Cc1cc[nH]c(=O)c1C(=O)NCCCNC(=O)c1cc(-c2ccc(Oc3cc(C(=O)NCCCNC(=O)c4cc(-c5ccccc5)n[nH]4)ccn3)cc2)n[nH]1. The van der Waals surface area contributed by atoms with Crippen LogP contribution in [0.2, 0.25) is 0 Å². The Morgan fingerprint density at radius 3 is 1.82 bits per heavy atom. The first-order valence-corrected chi connectivity index (χ1v) is 17.5. The lowest BCUT2D eigenvalue weighted by atomic mass is 10.1. The molecule has 0 saturated carbocycles. The lowest BCUT2D eigenvalue weighted by Crippen LogP contribution is -2.33. The third kappa shape index (κ3) is 9.95. The summed E-state index contributed by atoms with van der Waals surface area (Å²) in [6.45, 7) is 2.95. The van der Waals surface area contributed by atoms with Crippen molar-refractivity contribution in [1.82, 2.24) is 51.6 Å². The van der Waals surface area contributed by atoms with E-state index in [9.17, 15) is 24.0 Å². The standard InChI is InChI=1S/C39H38N10O6/c1-24-13-19-45-39(54)34(24)38(53)44-18-6-17-43-37(52)32-23-30(47-49-32)26-9-11-28(12-10-26)55-33-21-27(14-20-40-33)35(50)41-15-5-16-42-36(51)31-22-29(46-48-31)25-7-3-2-4-8-25/h2-4,7-14,19-23H,5-6,15-18H2,1H3,(H,41,50)(H,42,51)(H,43,52)(H,44,53)(H,45,54)(H,46,48)(H,47,49). The van der Waals surface area contributed by atoms with Crippen LogP contribution in [0, 0.1) is 6.92 Å². The van der Waals surface area contributed by atoms with E-state index >= 15 is 0 Å². The smallest absolute Gasteiger partial charge is 0.269 e. The van der Waals surface area contributed by atoms with E-state index in [1.54, 1.807) is 55.5 Å². The molecular formula is C39H38N10O6. The topological polar surface area (TPSA) is 229 Å². The summed E-state index contributed by atoms with van der Waals surface area (Å²) in [7, 11) is 0. The first-order chi connectivity index (χ1) is 26.7. The van der Waals surface area contributed by atoms with Gasteiger partial charge in [0.15, 0.2) is 0 Å². The van der Waals surface area contributed by atoms with Gasteiger partial charge < -0.3 is 31.0 Å². The Labute approximate surface area is 314 Å². The quantitative estimate of drug-likeness (QED) is 0.0716. The van der Waals surface area contributed by atoms with Crippen LogP contribution < -0.4 is 31.6 Å². The molecule has 0 radical (unpaired) electrons. The average molecular weight is 743 g/mol. The molecule has 2 aromatic carbocycles. The summed E-state index contributed by atoms with van der Waals surface area (Å²) in [5.41, 5.74) is 4.04. The Balaban J connectivity index is 0.904. The highest BCUT2D eigenvalue weighted by molar-refractivity contribution is 5.96. The molecular weight excluding hydrogens is 704 g/mol. The van der Waals surface area contributed by atoms with Crippen LogP contribution in [0.4, 0.5) is 0 Å². The van der Waals surface area contributed by atoms with Crippen molar-refractivity contribution in [2.75, 3.05) is 26.2 Å². The molecule has 16 heteroatoms. The van der Waals surface area contributed by atoms with E-state index in [1.165, 1.54) is 18.5 Å². The predicted octanol–water partition coefficient (Wildman–Crippen LogP) is 3.75. The number of aromatic amines is 3. The largest absolute Gasteiger partial charge is 0.439 e. The molecule has 0 saturated heterocycles. The minimum absolute atomic E-state index is 0.0697. The maximum Gasteiger partial charge on any atom is 0.269 e. The first-order valence-electron chi connectivity index (χ1n) is 17.5. The molecule has 55 heavy (non-hydrogen) atoms. The van der Waals surface area contributed by atoms with Gasteiger partial charge in [-0.3, -0.25) is 34.2 Å². The van der Waals surface area contributed by atoms with Crippen molar-refractivity contribution < 1.29 is 23.9 Å². The number of H-pyrrole nitrogens is 3. The van der Waals surface area contributed by atoms with E-state index in [2.05, 4.69) is 51.6 Å². The summed E-state index contributed by atoms with van der Waals surface area (Å²) >= 11 is 0. The Hall–Kier alpha value is -7.36. The average Bonchev–Trinajstić information content (AvgIpc) is 3.90. The van der Waals surface area contributed by atoms with Gasteiger partial charge in [-0.25, -0.2) is 4.98 Å². The van der Waals surface area contributed by atoms with E-state index < -0.39 is 11.5 Å². The van der Waals surface area contributed by atoms with Gasteiger partial charge in [0, 0.05) is 61.3 Å². The van der Waals surface area contributed by atoms with Crippen LogP contribution in [0.25, 0.3) is 22.5 Å². The molecule has 4 amide bonds. The molecule has 4 aromatic heterocycles. The zero-order chi connectivity index (χ0) is 38.6. The van der Waals surface area contributed by atoms with Crippen LogP contribution in [0.1, 0.15) is 60.1 Å². The normalized spacial score (nSPS) is 10.7. The second-order valence-corrected chi connectivity index (χ2v) is 12.3. The number of aromatic nitrogens is 6. The summed E-state index contributed by atoms with van der Waals surface area (Å²) in [4.78, 5) is 68.9. The summed E-state index contributed by atoms with van der Waals surface area (Å²) in [6, 6.07) is 24.6. The highest BCUT2D eigenvalue weighted by Gasteiger charge is 2.15. The molecule has 0 atom stereocenters. The molecule has 0 aliphatic carbocycles. The third-order valence-electron chi connectivity index (χ3n) is 8.33. The van der Waals surface area contributed by atoms with Crippen molar-refractivity contribution in [2.24, 2.45) is 0 Å². The van der Waals surface area contributed by atoms with Crippen molar-refractivity contribution in [3.63, 3.8) is 0 Å². The van der Waals surface area contributed by atoms with Crippen LogP contribution >= 0.6 is 0 Å². The Morgan fingerprint density at radius 1 is 0.655 bits per heavy atom. The molecule has 4 heterocycles. The van der Waals surface area contributed by atoms with Gasteiger partial charge in [-0.1, -0.05) is 30.3 Å². The molecule has 16 nitrogen and oxygen atoms in total. The van der Waals surface area contributed by atoms with Crippen LogP contribution in [0.3, 0.4) is 0 Å². The predicted molar refractivity (Wildman–Crippen MR) is 203 cm³/mol. The number of benzene rings is 2. The van der Waals surface area contributed by atoms with Gasteiger partial charge >= 0.3 is 0 Å². The van der Waals surface area contributed by atoms with E-state index in [0.717, 1.165) is 11.1 Å². The lowest BCUT2D eigenvalue weighted by molar-refractivity contribution is 0.0932. The lowest BCUT2D eigenvalue weighted by Gasteiger charge is -2.08. The number of pyridine rings is 2. The zero-order valence-electron chi connectivity index (χ0n) is 29.8. The second-order valence-electron chi connectivity index (χ2n) is 12.3. The maximum absolute atomic E-state index is 12.8. The Morgan fingerprint density at radius 2 is 1.22 bits per heavy atom. The molecule has 0 aliphatic heterocycles. The van der Waals surface area contributed by atoms with Crippen molar-refractivity contribution in [1.29, 1.82) is 0 Å². The molecule has 6 aromatic rings. The minimum atomic E-state index is -0.467. The fourth-order valence-corrected chi connectivity index (χ4v) is 5.43. The summed E-state index contributed by atoms with van der Waals surface area (Å²) in [5.74, 6) is -0.712. The van der Waals surface area contributed by atoms with Crippen molar-refractivity contribution in [2.45, 2.75) is 19.8 Å². The number of nitrogens with zero attached hydrogens (tertiary/aromatic N) is 3. The highest BCUT2D eigenvalue weighted by Crippen LogP contribution is 2.25. The van der Waals surface area contributed by atoms with Crippen molar-refractivity contribution >= 4 is 23.6 Å². The summed E-state index contributed by atoms with van der Waals surface area (Å²) < 4.78 is 5.88. The maximum atomic E-state index is 12.8. The molecule has 280 valence electrons. The number of amides is 4. The third-order valence-corrected chi connectivity index (χ3v) is 8.33. The van der Waals surface area contributed by atoms with Crippen molar-refractivity contribution in [3.05, 3.63) is 136 Å². The molecule has 6 rings (SSSR count). The second kappa shape index (κ2) is 17.9. The van der Waals surface area contributed by atoms with Crippen LogP contribution in [0.15, 0.2) is 102 Å². The van der Waals surface area contributed by atoms with Crippen LogP contribution in [0.5, 0.6) is 11.6 Å². The summed E-state index contributed by atoms with van der Waals surface area (Å²) in [6.07, 6.45) is 3.94. The van der Waals surface area contributed by atoms with E-state index in [4.69, 9.17) is 4.74 Å². The van der Waals surface area contributed by atoms with Gasteiger partial charge in [0.25, 0.3) is 29.2 Å². The molecule has 0 aliphatic rings. The summed E-state index contributed by atoms with van der Waals surface area (Å²) in [5, 5.41) is 25.1. The molecule has 0 bridgehead atoms. The molecule has 0 spiro atoms. The number of carbonyl (C=O) groups excluding carboxylic acids is 4. The minimum Gasteiger partial charge on any atom is -0.439 e. The zero-order valence-corrected chi connectivity index (χ0v) is 29.8. The van der Waals surface area contributed by atoms with E-state index in [1.807, 2.05) is 30.3 Å². The molecule has 0 unspecified atom stereocenters. The molecule has 0 fully saturated rings. The fourth-order valence-electron chi connectivity index (χ4n) is 5.43. The number of nitrogens with one attached hydrogen (secondary N) is 7. The van der Waals surface area contributed by atoms with Crippen LogP contribution in [-0.4, -0.2) is 80.2 Å². The Bertz CT molecular complexity index is 2330. The van der Waals surface area contributed by atoms with Gasteiger partial charge in [0.1, 0.15) is 22.7 Å². The van der Waals surface area contributed by atoms with E-state index in [0.29, 0.717) is 66.4 Å². The number of rotatable bonds is 16. The Kier molecular flexibility index (Phi) is 12.2. The first kappa shape index (κ1) is 37.4. The van der Waals surface area contributed by atoms with Gasteiger partial charge in [0.05, 0.1) is 11.4 Å². The van der Waals surface area contributed by atoms with Gasteiger partial charge in [0.2, 0.25) is 5.88 Å². The number of hydrogen-bond acceptors (Lipinski definition) is 9. The number of aryl methyl sites for hydroxylation is 1. The monoisotopic (exact) mass is 742 g/mol. The van der Waals surface area contributed by atoms with Crippen molar-refractivity contribution in [3.8, 4) is 34.1 Å². The van der Waals surface area contributed by atoms with Crippen LogP contribution in [-0.2, 0) is 0 Å². The van der Waals surface area contributed by atoms with Gasteiger partial charge in [-0.15, -0.1) is 0 Å². The van der Waals surface area contributed by atoms with Gasteiger partial charge in [-0.2, -0.15) is 10.2 Å². The highest BCUT2D eigenvalue weighted by atomic mass is 16.5. The fraction of sp³-hybridized carbons (Fsp3) is 0.179.